The van der Waals surface area contributed by atoms with Gasteiger partial charge in [0, 0.05) is 6.20 Å². The van der Waals surface area contributed by atoms with Gasteiger partial charge in [0.05, 0.1) is 10.3 Å². The van der Waals surface area contributed by atoms with Crippen LogP contribution < -0.4 is 0 Å². The molecule has 3 nitrogen and oxygen atoms in total. The van der Waals surface area contributed by atoms with E-state index in [1.165, 1.54) is 0 Å². The van der Waals surface area contributed by atoms with E-state index in [1.807, 2.05) is 20.0 Å². The van der Waals surface area contributed by atoms with Crippen LogP contribution in [0.4, 0.5) is 0 Å². The predicted octanol–water partition coefficient (Wildman–Crippen LogP) is 2.49. The van der Waals surface area contributed by atoms with Crippen LogP contribution in [0.1, 0.15) is 18.4 Å². The van der Waals surface area contributed by atoms with Gasteiger partial charge in [-0.25, -0.2) is 4.98 Å². The first-order valence-corrected chi connectivity index (χ1v) is 4.33. The summed E-state index contributed by atoms with van der Waals surface area (Å²) in [5.74, 6) is 0.816. The standard InChI is InChI=1S/C8H10BrN3/c1-5(3-7(9)10)8-11-4-6(2)12-8/h3-4,10H,1-2H3,(H,11,12)/b5-3-,10-7?. The molecule has 0 aliphatic rings. The molecule has 0 unspecified atom stereocenters. The molecule has 64 valence electrons. The molecule has 0 aromatic carbocycles. The third-order valence-corrected chi connectivity index (χ3v) is 1.65. The van der Waals surface area contributed by atoms with Crippen molar-refractivity contribution in [3.05, 3.63) is 23.8 Å². The van der Waals surface area contributed by atoms with Gasteiger partial charge in [-0.05, 0) is 41.4 Å². The van der Waals surface area contributed by atoms with Crippen molar-refractivity contribution in [1.29, 1.82) is 5.41 Å². The van der Waals surface area contributed by atoms with Gasteiger partial charge in [0.1, 0.15) is 5.82 Å². The third-order valence-electron chi connectivity index (χ3n) is 1.42. The monoisotopic (exact) mass is 227 g/mol. The zero-order valence-electron chi connectivity index (χ0n) is 6.98. The lowest BCUT2D eigenvalue weighted by atomic mass is 10.3. The van der Waals surface area contributed by atoms with Crippen LogP contribution in [0.15, 0.2) is 12.3 Å². The second kappa shape index (κ2) is 3.67. The van der Waals surface area contributed by atoms with Crippen molar-refractivity contribution in [3.63, 3.8) is 0 Å². The number of hydrogen-bond acceptors (Lipinski definition) is 2. The fourth-order valence-electron chi connectivity index (χ4n) is 0.874. The Morgan fingerprint density at radius 3 is 2.83 bits per heavy atom. The lowest BCUT2D eigenvalue weighted by Gasteiger charge is -1.93. The molecule has 0 fully saturated rings. The van der Waals surface area contributed by atoms with Crippen molar-refractivity contribution in [2.24, 2.45) is 0 Å². The Balaban J connectivity index is 2.91. The lowest BCUT2D eigenvalue weighted by molar-refractivity contribution is 1.20. The molecular formula is C8H10BrN3. The first-order chi connectivity index (χ1) is 5.59. The van der Waals surface area contributed by atoms with E-state index in [4.69, 9.17) is 5.41 Å². The Kier molecular flexibility index (Phi) is 2.81. The number of allylic oxidation sites excluding steroid dienone is 2. The topological polar surface area (TPSA) is 52.5 Å². The van der Waals surface area contributed by atoms with Crippen LogP contribution in [-0.4, -0.2) is 14.6 Å². The summed E-state index contributed by atoms with van der Waals surface area (Å²) in [7, 11) is 0. The smallest absolute Gasteiger partial charge is 0.133 e. The summed E-state index contributed by atoms with van der Waals surface area (Å²) in [4.78, 5) is 7.24. The van der Waals surface area contributed by atoms with E-state index in [0.717, 1.165) is 17.1 Å². The Morgan fingerprint density at radius 1 is 1.75 bits per heavy atom. The van der Waals surface area contributed by atoms with E-state index in [0.29, 0.717) is 4.62 Å². The Morgan fingerprint density at radius 2 is 2.42 bits per heavy atom. The van der Waals surface area contributed by atoms with Crippen molar-refractivity contribution in [2.45, 2.75) is 13.8 Å². The average molecular weight is 228 g/mol. The van der Waals surface area contributed by atoms with E-state index >= 15 is 0 Å². The van der Waals surface area contributed by atoms with Crippen molar-refractivity contribution in [2.75, 3.05) is 0 Å². The third kappa shape index (κ3) is 2.30. The number of aromatic nitrogens is 2. The molecule has 12 heavy (non-hydrogen) atoms. The van der Waals surface area contributed by atoms with Crippen molar-refractivity contribution < 1.29 is 0 Å². The quantitative estimate of drug-likeness (QED) is 0.750. The number of halogens is 1. The predicted molar refractivity (Wildman–Crippen MR) is 53.6 cm³/mol. The van der Waals surface area contributed by atoms with Gasteiger partial charge in [-0.1, -0.05) is 0 Å². The SMILES string of the molecule is C/C(=C/C(=N)Br)c1nc(C)c[nH]1. The summed E-state index contributed by atoms with van der Waals surface area (Å²) in [5.41, 5.74) is 1.91. The summed E-state index contributed by atoms with van der Waals surface area (Å²) in [6.45, 7) is 3.83. The molecular weight excluding hydrogens is 218 g/mol. The summed E-state index contributed by atoms with van der Waals surface area (Å²) in [6, 6.07) is 0. The average Bonchev–Trinajstić information content (AvgIpc) is 2.34. The van der Waals surface area contributed by atoms with Gasteiger partial charge in [0.25, 0.3) is 0 Å². The molecule has 0 atom stereocenters. The summed E-state index contributed by atoms with van der Waals surface area (Å²) in [5, 5.41) is 7.18. The molecule has 0 aliphatic heterocycles. The number of nitrogens with zero attached hydrogens (tertiary/aromatic N) is 1. The largest absolute Gasteiger partial charge is 0.345 e. The second-order valence-electron chi connectivity index (χ2n) is 2.57. The first kappa shape index (κ1) is 9.19. The molecule has 1 aromatic heterocycles. The molecule has 0 aliphatic carbocycles. The van der Waals surface area contributed by atoms with Crippen LogP contribution in [0.25, 0.3) is 5.57 Å². The highest BCUT2D eigenvalue weighted by Gasteiger charge is 1.99. The minimum absolute atomic E-state index is 0.356. The zero-order chi connectivity index (χ0) is 9.14. The van der Waals surface area contributed by atoms with Gasteiger partial charge >= 0.3 is 0 Å². The second-order valence-corrected chi connectivity index (χ2v) is 3.42. The van der Waals surface area contributed by atoms with E-state index < -0.39 is 0 Å². The van der Waals surface area contributed by atoms with Gasteiger partial charge in [-0.15, -0.1) is 0 Å². The maximum absolute atomic E-state index is 7.18. The first-order valence-electron chi connectivity index (χ1n) is 3.54. The number of rotatable bonds is 2. The molecule has 1 aromatic rings. The van der Waals surface area contributed by atoms with Gasteiger partial charge in [0.15, 0.2) is 0 Å². The molecule has 0 radical (unpaired) electrons. The molecule has 1 heterocycles. The van der Waals surface area contributed by atoms with Crippen LogP contribution in [0.3, 0.4) is 0 Å². The van der Waals surface area contributed by atoms with Gasteiger partial charge in [0.2, 0.25) is 0 Å². The maximum atomic E-state index is 7.18. The minimum Gasteiger partial charge on any atom is -0.345 e. The molecule has 0 saturated carbocycles. The molecule has 0 spiro atoms. The van der Waals surface area contributed by atoms with Crippen LogP contribution in [0.5, 0.6) is 0 Å². The number of imidazole rings is 1. The number of hydrogen-bond donors (Lipinski definition) is 2. The molecule has 0 amide bonds. The Labute approximate surface area is 79.5 Å². The highest BCUT2D eigenvalue weighted by Crippen LogP contribution is 2.09. The van der Waals surface area contributed by atoms with E-state index in [9.17, 15) is 0 Å². The summed E-state index contributed by atoms with van der Waals surface area (Å²) < 4.78 is 0.356. The zero-order valence-corrected chi connectivity index (χ0v) is 8.57. The lowest BCUT2D eigenvalue weighted by Crippen LogP contribution is -1.85. The van der Waals surface area contributed by atoms with Crippen molar-refractivity contribution in [1.82, 2.24) is 9.97 Å². The van der Waals surface area contributed by atoms with E-state index in [-0.39, 0.29) is 0 Å². The van der Waals surface area contributed by atoms with Gasteiger partial charge in [-0.3, -0.25) is 5.41 Å². The molecule has 0 bridgehead atoms. The van der Waals surface area contributed by atoms with Crippen LogP contribution >= 0.6 is 15.9 Å². The van der Waals surface area contributed by atoms with Crippen LogP contribution in [-0.2, 0) is 0 Å². The van der Waals surface area contributed by atoms with E-state index in [2.05, 4.69) is 25.9 Å². The number of nitrogens with one attached hydrogen (secondary N) is 2. The van der Waals surface area contributed by atoms with Crippen molar-refractivity contribution >= 4 is 26.1 Å². The Bertz CT molecular complexity index is 325. The highest BCUT2D eigenvalue weighted by atomic mass is 79.9. The number of H-pyrrole nitrogens is 1. The summed E-state index contributed by atoms with van der Waals surface area (Å²) >= 11 is 3.04. The molecule has 0 saturated heterocycles. The molecule has 1 rings (SSSR count). The maximum Gasteiger partial charge on any atom is 0.133 e. The van der Waals surface area contributed by atoms with Crippen molar-refractivity contribution in [3.8, 4) is 0 Å². The number of aryl methyl sites for hydroxylation is 1. The van der Waals surface area contributed by atoms with Crippen LogP contribution in [0.2, 0.25) is 0 Å². The molecule has 2 N–H and O–H groups in total. The minimum atomic E-state index is 0.356. The van der Waals surface area contributed by atoms with Crippen LogP contribution in [0, 0.1) is 12.3 Å². The summed E-state index contributed by atoms with van der Waals surface area (Å²) in [6.07, 6.45) is 3.54. The fraction of sp³-hybridized carbons (Fsp3) is 0.250. The van der Waals surface area contributed by atoms with E-state index in [1.54, 1.807) is 6.08 Å². The van der Waals surface area contributed by atoms with Gasteiger partial charge < -0.3 is 4.98 Å². The molecule has 4 heteroatoms. The fourth-order valence-corrected chi connectivity index (χ4v) is 1.22. The normalized spacial score (nSPS) is 11.8. The van der Waals surface area contributed by atoms with Gasteiger partial charge in [-0.2, -0.15) is 0 Å². The Hall–Kier alpha value is -0.900. The highest BCUT2D eigenvalue weighted by molar-refractivity contribution is 9.18. The number of aromatic amines is 1.